The third kappa shape index (κ3) is 2.71. The molecule has 0 aliphatic rings. The van der Waals surface area contributed by atoms with Crippen LogP contribution in [0.15, 0.2) is 55.2 Å². The number of anilines is 1. The molecule has 0 amide bonds. The van der Waals surface area contributed by atoms with E-state index in [1.807, 2.05) is 36.5 Å². The molecular weight excluding hydrogens is 312 g/mol. The van der Waals surface area contributed by atoms with E-state index < -0.39 is 0 Å². The Morgan fingerprint density at radius 1 is 1.00 bits per heavy atom. The van der Waals surface area contributed by atoms with Crippen LogP contribution >= 0.6 is 0 Å². The minimum atomic E-state index is 0.615. The van der Waals surface area contributed by atoms with E-state index in [1.165, 1.54) is 0 Å². The van der Waals surface area contributed by atoms with E-state index in [4.69, 9.17) is 0 Å². The van der Waals surface area contributed by atoms with Crippen molar-refractivity contribution in [3.8, 4) is 5.69 Å². The minimum Gasteiger partial charge on any atom is -0.364 e. The van der Waals surface area contributed by atoms with Gasteiger partial charge in [-0.3, -0.25) is 14.5 Å². The molecule has 0 saturated carbocycles. The van der Waals surface area contributed by atoms with Crippen LogP contribution in [0, 0.1) is 13.8 Å². The first-order chi connectivity index (χ1) is 12.3. The molecule has 6 nitrogen and oxygen atoms in total. The van der Waals surface area contributed by atoms with Gasteiger partial charge in [-0.1, -0.05) is 6.07 Å². The third-order valence-electron chi connectivity index (χ3n) is 4.36. The number of rotatable bonds is 4. The summed E-state index contributed by atoms with van der Waals surface area (Å²) in [6.45, 7) is 4.80. The monoisotopic (exact) mass is 330 g/mol. The van der Waals surface area contributed by atoms with E-state index in [2.05, 4.69) is 43.7 Å². The Hall–Kier alpha value is -3.28. The van der Waals surface area contributed by atoms with Crippen molar-refractivity contribution in [2.75, 3.05) is 5.32 Å². The summed E-state index contributed by atoms with van der Waals surface area (Å²) in [4.78, 5) is 17.6. The quantitative estimate of drug-likeness (QED) is 0.621. The predicted octanol–water partition coefficient (Wildman–Crippen LogP) is 3.44. The van der Waals surface area contributed by atoms with Crippen LogP contribution < -0.4 is 5.32 Å². The smallest absolute Gasteiger partial charge is 0.150 e. The van der Waals surface area contributed by atoms with Crippen LogP contribution in [-0.2, 0) is 6.54 Å². The molecule has 0 atom stereocenters. The zero-order chi connectivity index (χ0) is 17.2. The molecule has 124 valence electrons. The van der Waals surface area contributed by atoms with Gasteiger partial charge >= 0.3 is 0 Å². The Morgan fingerprint density at radius 2 is 1.92 bits per heavy atom. The Kier molecular flexibility index (Phi) is 3.85. The van der Waals surface area contributed by atoms with Crippen LogP contribution in [0.2, 0.25) is 0 Å². The number of nitrogens with zero attached hydrogens (tertiary/aromatic N) is 5. The lowest BCUT2D eigenvalue weighted by molar-refractivity contribution is 0.997. The fourth-order valence-electron chi connectivity index (χ4n) is 3.01. The molecule has 4 aromatic rings. The minimum absolute atomic E-state index is 0.615. The number of nitrogens with one attached hydrogen (secondary N) is 1. The molecule has 4 aromatic heterocycles. The lowest BCUT2D eigenvalue weighted by Gasteiger charge is -2.08. The molecule has 4 rings (SSSR count). The van der Waals surface area contributed by atoms with Crippen molar-refractivity contribution < 1.29 is 0 Å². The van der Waals surface area contributed by atoms with Gasteiger partial charge in [0.05, 0.1) is 29.5 Å². The molecule has 0 aromatic carbocycles. The van der Waals surface area contributed by atoms with Gasteiger partial charge in [-0.2, -0.15) is 0 Å². The van der Waals surface area contributed by atoms with Crippen molar-refractivity contribution in [2.24, 2.45) is 0 Å². The molecular formula is C19H18N6. The molecule has 0 aliphatic carbocycles. The highest BCUT2D eigenvalue weighted by molar-refractivity contribution is 5.93. The second-order valence-corrected chi connectivity index (χ2v) is 5.85. The fourth-order valence-corrected chi connectivity index (χ4v) is 3.01. The van der Waals surface area contributed by atoms with Crippen molar-refractivity contribution in [3.63, 3.8) is 0 Å². The summed E-state index contributed by atoms with van der Waals surface area (Å²) in [5.74, 6) is 0.818. The van der Waals surface area contributed by atoms with Gasteiger partial charge < -0.3 is 5.32 Å². The van der Waals surface area contributed by atoms with Crippen LogP contribution in [0.3, 0.4) is 0 Å². The molecule has 0 saturated heterocycles. The normalized spacial score (nSPS) is 11.0. The maximum atomic E-state index is 4.52. The van der Waals surface area contributed by atoms with Crippen LogP contribution in [0.1, 0.15) is 17.0 Å². The molecule has 0 bridgehead atoms. The van der Waals surface area contributed by atoms with E-state index in [-0.39, 0.29) is 0 Å². The highest BCUT2D eigenvalue weighted by Gasteiger charge is 2.17. The summed E-state index contributed by atoms with van der Waals surface area (Å²) in [6, 6.07) is 9.84. The summed E-state index contributed by atoms with van der Waals surface area (Å²) in [7, 11) is 0. The Labute approximate surface area is 145 Å². The number of hydrogen-bond donors (Lipinski definition) is 1. The number of aryl methyl sites for hydroxylation is 1. The van der Waals surface area contributed by atoms with E-state index >= 15 is 0 Å². The maximum absolute atomic E-state index is 4.52. The highest BCUT2D eigenvalue weighted by atomic mass is 15.1. The molecule has 1 N–H and O–H groups in total. The van der Waals surface area contributed by atoms with Crippen LogP contribution in [0.5, 0.6) is 0 Å². The van der Waals surface area contributed by atoms with Gasteiger partial charge in [0.1, 0.15) is 12.1 Å². The molecule has 0 radical (unpaired) electrons. The summed E-state index contributed by atoms with van der Waals surface area (Å²) < 4.78 is 2.12. The van der Waals surface area contributed by atoms with Crippen molar-refractivity contribution in [3.05, 3.63) is 72.2 Å². The second-order valence-electron chi connectivity index (χ2n) is 5.85. The van der Waals surface area contributed by atoms with Crippen molar-refractivity contribution in [2.45, 2.75) is 20.4 Å². The van der Waals surface area contributed by atoms with E-state index in [9.17, 15) is 0 Å². The summed E-state index contributed by atoms with van der Waals surface area (Å²) >= 11 is 0. The number of fused-ring (bicyclic) bond motifs is 1. The molecule has 25 heavy (non-hydrogen) atoms. The zero-order valence-corrected chi connectivity index (χ0v) is 14.1. The topological polar surface area (TPSA) is 68.5 Å². The second kappa shape index (κ2) is 6.32. The molecule has 0 unspecified atom stereocenters. The number of hydrogen-bond acceptors (Lipinski definition) is 5. The van der Waals surface area contributed by atoms with Gasteiger partial charge in [-0.25, -0.2) is 9.97 Å². The SMILES string of the molecule is Cc1c(C)n(-c2cccnc2)c2ncnc(NCc3ccccn3)c12. The number of aromatic nitrogens is 5. The summed E-state index contributed by atoms with van der Waals surface area (Å²) in [6.07, 6.45) is 7.00. The van der Waals surface area contributed by atoms with E-state index in [0.717, 1.165) is 39.5 Å². The first-order valence-electron chi connectivity index (χ1n) is 8.12. The third-order valence-corrected chi connectivity index (χ3v) is 4.36. The molecule has 6 heteroatoms. The Balaban J connectivity index is 1.80. The van der Waals surface area contributed by atoms with Gasteiger partial charge in [0, 0.05) is 18.1 Å². The van der Waals surface area contributed by atoms with E-state index in [1.54, 1.807) is 18.7 Å². The molecule has 0 spiro atoms. The number of pyridine rings is 2. The summed E-state index contributed by atoms with van der Waals surface area (Å²) in [5.41, 5.74) is 5.12. The maximum Gasteiger partial charge on any atom is 0.150 e. The fraction of sp³-hybridized carbons (Fsp3) is 0.158. The van der Waals surface area contributed by atoms with Gasteiger partial charge in [0.2, 0.25) is 0 Å². The average Bonchev–Trinajstić information content (AvgIpc) is 2.93. The van der Waals surface area contributed by atoms with Gasteiger partial charge in [-0.15, -0.1) is 0 Å². The largest absolute Gasteiger partial charge is 0.364 e. The highest BCUT2D eigenvalue weighted by Crippen LogP contribution is 2.31. The summed E-state index contributed by atoms with van der Waals surface area (Å²) in [5, 5.41) is 4.42. The lowest BCUT2D eigenvalue weighted by atomic mass is 10.2. The van der Waals surface area contributed by atoms with Crippen LogP contribution in [0.25, 0.3) is 16.7 Å². The Morgan fingerprint density at radius 3 is 2.68 bits per heavy atom. The Bertz CT molecular complexity index is 1010. The standard InChI is InChI=1S/C19H18N6/c1-13-14(2)25(16-7-5-8-20-11-16)19-17(13)18(23-12-24-19)22-10-15-6-3-4-9-21-15/h3-9,11-12H,10H2,1-2H3,(H,22,23,24). The van der Waals surface area contributed by atoms with Gasteiger partial charge in [0.15, 0.2) is 5.65 Å². The van der Waals surface area contributed by atoms with Crippen LogP contribution in [0.4, 0.5) is 5.82 Å². The van der Waals surface area contributed by atoms with Crippen LogP contribution in [-0.4, -0.2) is 24.5 Å². The predicted molar refractivity (Wildman–Crippen MR) is 97.7 cm³/mol. The van der Waals surface area contributed by atoms with Gasteiger partial charge in [-0.05, 0) is 43.7 Å². The molecule has 0 fully saturated rings. The average molecular weight is 330 g/mol. The first-order valence-corrected chi connectivity index (χ1v) is 8.12. The van der Waals surface area contributed by atoms with E-state index in [0.29, 0.717) is 6.54 Å². The van der Waals surface area contributed by atoms with Gasteiger partial charge in [0.25, 0.3) is 0 Å². The zero-order valence-electron chi connectivity index (χ0n) is 14.1. The molecule has 4 heterocycles. The van der Waals surface area contributed by atoms with Crippen molar-refractivity contribution in [1.82, 2.24) is 24.5 Å². The van der Waals surface area contributed by atoms with Crippen molar-refractivity contribution in [1.29, 1.82) is 0 Å². The molecule has 0 aliphatic heterocycles. The van der Waals surface area contributed by atoms with Crippen molar-refractivity contribution >= 4 is 16.9 Å². The first kappa shape index (κ1) is 15.3. The lowest BCUT2D eigenvalue weighted by Crippen LogP contribution is -2.04.